The van der Waals surface area contributed by atoms with E-state index in [1.165, 1.54) is 30.6 Å². The van der Waals surface area contributed by atoms with Crippen LogP contribution in [0.1, 0.15) is 18.4 Å². The van der Waals surface area contributed by atoms with Crippen molar-refractivity contribution in [3.8, 4) is 0 Å². The molecule has 3 rings (SSSR count). The van der Waals surface area contributed by atoms with Crippen LogP contribution in [0.4, 0.5) is 5.69 Å². The van der Waals surface area contributed by atoms with E-state index in [1.807, 2.05) is 12.1 Å². The Labute approximate surface area is 131 Å². The maximum atomic E-state index is 6.07. The van der Waals surface area contributed by atoms with Crippen LogP contribution in [0.25, 0.3) is 0 Å². The lowest BCUT2D eigenvalue weighted by molar-refractivity contribution is 0.208. The molecule has 1 heterocycles. The second-order valence-electron chi connectivity index (χ2n) is 5.71. The Morgan fingerprint density at radius 1 is 1.10 bits per heavy atom. The molecule has 0 aliphatic carbocycles. The summed E-state index contributed by atoms with van der Waals surface area (Å²) in [6.07, 6.45) is 2.48. The summed E-state index contributed by atoms with van der Waals surface area (Å²) < 4.78 is 0. The molecule has 3 heteroatoms. The van der Waals surface area contributed by atoms with Gasteiger partial charge in [0, 0.05) is 29.8 Å². The molecular formula is C18H21ClN2. The van der Waals surface area contributed by atoms with Crippen molar-refractivity contribution in [2.24, 2.45) is 0 Å². The van der Waals surface area contributed by atoms with E-state index in [2.05, 4.69) is 52.7 Å². The molecule has 1 aliphatic rings. The van der Waals surface area contributed by atoms with Crippen LogP contribution < -0.4 is 5.32 Å². The highest BCUT2D eigenvalue weighted by Gasteiger charge is 2.19. The third kappa shape index (κ3) is 4.23. The highest BCUT2D eigenvalue weighted by molar-refractivity contribution is 6.30. The first kappa shape index (κ1) is 14.4. The fourth-order valence-corrected chi connectivity index (χ4v) is 3.19. The van der Waals surface area contributed by atoms with E-state index >= 15 is 0 Å². The van der Waals surface area contributed by atoms with Gasteiger partial charge >= 0.3 is 0 Å². The van der Waals surface area contributed by atoms with Gasteiger partial charge in [-0.25, -0.2) is 0 Å². The highest BCUT2D eigenvalue weighted by atomic mass is 35.5. The number of para-hydroxylation sites is 1. The minimum Gasteiger partial charge on any atom is -0.381 e. The van der Waals surface area contributed by atoms with E-state index in [0.29, 0.717) is 6.04 Å². The fourth-order valence-electron chi connectivity index (χ4n) is 2.98. The van der Waals surface area contributed by atoms with Gasteiger partial charge in [-0.3, -0.25) is 4.90 Å². The van der Waals surface area contributed by atoms with Crippen LogP contribution >= 0.6 is 11.6 Å². The average Bonchev–Trinajstić information content (AvgIpc) is 2.49. The van der Waals surface area contributed by atoms with E-state index in [-0.39, 0.29) is 0 Å². The van der Waals surface area contributed by atoms with Gasteiger partial charge in [-0.1, -0.05) is 41.9 Å². The lowest BCUT2D eigenvalue weighted by Gasteiger charge is -2.33. The molecule has 0 amide bonds. The molecular weight excluding hydrogens is 280 g/mol. The molecule has 0 spiro atoms. The SMILES string of the molecule is Clc1cccc(CN2CCC[C@H](Nc3ccccc3)C2)c1. The van der Waals surface area contributed by atoms with Gasteiger partial charge in [0.05, 0.1) is 0 Å². The van der Waals surface area contributed by atoms with Crippen molar-refractivity contribution in [2.45, 2.75) is 25.4 Å². The van der Waals surface area contributed by atoms with Crippen LogP contribution in [0.3, 0.4) is 0 Å². The number of likely N-dealkylation sites (tertiary alicyclic amines) is 1. The molecule has 1 fully saturated rings. The second kappa shape index (κ2) is 6.97. The zero-order valence-electron chi connectivity index (χ0n) is 12.1. The van der Waals surface area contributed by atoms with E-state index < -0.39 is 0 Å². The zero-order valence-corrected chi connectivity index (χ0v) is 12.9. The first-order chi connectivity index (χ1) is 10.3. The molecule has 0 aromatic heterocycles. The zero-order chi connectivity index (χ0) is 14.5. The smallest absolute Gasteiger partial charge is 0.0409 e. The van der Waals surface area contributed by atoms with Gasteiger partial charge in [0.25, 0.3) is 0 Å². The number of piperidine rings is 1. The van der Waals surface area contributed by atoms with Gasteiger partial charge in [0.15, 0.2) is 0 Å². The van der Waals surface area contributed by atoms with Crippen LogP contribution in [0.5, 0.6) is 0 Å². The minimum absolute atomic E-state index is 0.528. The summed E-state index contributed by atoms with van der Waals surface area (Å²) >= 11 is 6.07. The third-order valence-electron chi connectivity index (χ3n) is 3.95. The van der Waals surface area contributed by atoms with Crippen LogP contribution in [0.15, 0.2) is 54.6 Å². The van der Waals surface area contributed by atoms with Crippen molar-refractivity contribution in [3.63, 3.8) is 0 Å². The Kier molecular flexibility index (Phi) is 4.79. The Bertz CT molecular complexity index is 570. The number of hydrogen-bond acceptors (Lipinski definition) is 2. The fraction of sp³-hybridized carbons (Fsp3) is 0.333. The van der Waals surface area contributed by atoms with Gasteiger partial charge in [-0.05, 0) is 49.2 Å². The monoisotopic (exact) mass is 300 g/mol. The molecule has 21 heavy (non-hydrogen) atoms. The second-order valence-corrected chi connectivity index (χ2v) is 6.15. The Balaban J connectivity index is 1.58. The molecule has 1 atom stereocenters. The van der Waals surface area contributed by atoms with Crippen molar-refractivity contribution < 1.29 is 0 Å². The largest absolute Gasteiger partial charge is 0.381 e. The van der Waals surface area contributed by atoms with E-state index in [0.717, 1.165) is 18.1 Å². The van der Waals surface area contributed by atoms with Crippen molar-refractivity contribution in [2.75, 3.05) is 18.4 Å². The van der Waals surface area contributed by atoms with Crippen molar-refractivity contribution in [1.82, 2.24) is 4.90 Å². The Hall–Kier alpha value is -1.51. The molecule has 2 aromatic rings. The number of hydrogen-bond donors (Lipinski definition) is 1. The molecule has 0 unspecified atom stereocenters. The van der Waals surface area contributed by atoms with Gasteiger partial charge in [0.1, 0.15) is 0 Å². The Morgan fingerprint density at radius 2 is 1.95 bits per heavy atom. The molecule has 1 N–H and O–H groups in total. The molecule has 2 aromatic carbocycles. The summed E-state index contributed by atoms with van der Waals surface area (Å²) in [6.45, 7) is 3.23. The third-order valence-corrected chi connectivity index (χ3v) is 4.18. The van der Waals surface area contributed by atoms with E-state index in [4.69, 9.17) is 11.6 Å². The van der Waals surface area contributed by atoms with Gasteiger partial charge < -0.3 is 5.32 Å². The number of benzene rings is 2. The molecule has 0 radical (unpaired) electrons. The van der Waals surface area contributed by atoms with Crippen LogP contribution in [-0.2, 0) is 6.54 Å². The quantitative estimate of drug-likeness (QED) is 0.899. The summed E-state index contributed by atoms with van der Waals surface area (Å²) in [7, 11) is 0. The normalized spacial score (nSPS) is 19.4. The first-order valence-corrected chi connectivity index (χ1v) is 7.96. The van der Waals surface area contributed by atoms with E-state index in [9.17, 15) is 0 Å². The summed E-state index contributed by atoms with van der Waals surface area (Å²) in [6, 6.07) is 19.2. The maximum Gasteiger partial charge on any atom is 0.0409 e. The lowest BCUT2D eigenvalue weighted by atomic mass is 10.0. The topological polar surface area (TPSA) is 15.3 Å². The molecule has 2 nitrogen and oxygen atoms in total. The summed E-state index contributed by atoms with van der Waals surface area (Å²) in [5.41, 5.74) is 2.51. The summed E-state index contributed by atoms with van der Waals surface area (Å²) in [5, 5.41) is 4.46. The van der Waals surface area contributed by atoms with Gasteiger partial charge in [0.2, 0.25) is 0 Å². The van der Waals surface area contributed by atoms with Gasteiger partial charge in [-0.2, -0.15) is 0 Å². The lowest BCUT2D eigenvalue weighted by Crippen LogP contribution is -2.41. The average molecular weight is 301 g/mol. The van der Waals surface area contributed by atoms with Crippen LogP contribution in [0, 0.1) is 0 Å². The number of rotatable bonds is 4. The predicted molar refractivity (Wildman–Crippen MR) is 89.8 cm³/mol. The number of nitrogens with one attached hydrogen (secondary N) is 1. The number of nitrogens with zero attached hydrogens (tertiary/aromatic N) is 1. The minimum atomic E-state index is 0.528. The van der Waals surface area contributed by atoms with Crippen LogP contribution in [-0.4, -0.2) is 24.0 Å². The number of halogens is 1. The van der Waals surface area contributed by atoms with Crippen molar-refractivity contribution in [3.05, 3.63) is 65.2 Å². The molecule has 1 saturated heterocycles. The predicted octanol–water partition coefficient (Wildman–Crippen LogP) is 4.42. The molecule has 110 valence electrons. The van der Waals surface area contributed by atoms with E-state index in [1.54, 1.807) is 0 Å². The van der Waals surface area contributed by atoms with Crippen molar-refractivity contribution >= 4 is 17.3 Å². The number of anilines is 1. The molecule has 1 aliphatic heterocycles. The molecule has 0 bridgehead atoms. The standard InChI is InChI=1S/C18H21ClN2/c19-16-7-4-6-15(12-16)13-21-11-5-10-18(14-21)20-17-8-2-1-3-9-17/h1-4,6-9,12,18,20H,5,10-11,13-14H2/t18-/m0/s1. The van der Waals surface area contributed by atoms with Gasteiger partial charge in [-0.15, -0.1) is 0 Å². The molecule has 0 saturated carbocycles. The summed E-state index contributed by atoms with van der Waals surface area (Å²) in [5.74, 6) is 0. The van der Waals surface area contributed by atoms with Crippen LogP contribution in [0.2, 0.25) is 5.02 Å². The van der Waals surface area contributed by atoms with Crippen molar-refractivity contribution in [1.29, 1.82) is 0 Å². The first-order valence-electron chi connectivity index (χ1n) is 7.58. The Morgan fingerprint density at radius 3 is 2.76 bits per heavy atom. The highest BCUT2D eigenvalue weighted by Crippen LogP contribution is 2.19. The maximum absolute atomic E-state index is 6.07. The summed E-state index contributed by atoms with van der Waals surface area (Å²) in [4.78, 5) is 2.51.